The van der Waals surface area contributed by atoms with Crippen LogP contribution in [-0.4, -0.2) is 20.1 Å². The monoisotopic (exact) mass is 397 g/mol. The fourth-order valence-corrected chi connectivity index (χ4v) is 2.45. The Bertz CT molecular complexity index is 643. The third-order valence-electron chi connectivity index (χ3n) is 2.99. The molecule has 0 spiro atoms. The van der Waals surface area contributed by atoms with Crippen molar-refractivity contribution in [2.75, 3.05) is 14.2 Å². The van der Waals surface area contributed by atoms with Gasteiger partial charge in [0.15, 0.2) is 11.5 Å². The molecule has 1 N–H and O–H groups in total. The minimum Gasteiger partial charge on any atom is -0.493 e. The van der Waals surface area contributed by atoms with E-state index >= 15 is 0 Å². The molecule has 0 saturated carbocycles. The normalized spacial score (nSPS) is 10.0. The van der Waals surface area contributed by atoms with Crippen molar-refractivity contribution in [3.8, 4) is 11.5 Å². The molecule has 5 heteroatoms. The molecule has 4 nitrogen and oxygen atoms in total. The van der Waals surface area contributed by atoms with Crippen molar-refractivity contribution < 1.29 is 14.3 Å². The molecule has 0 atom stereocenters. The Morgan fingerprint density at radius 3 is 2.52 bits per heavy atom. The highest BCUT2D eigenvalue weighted by Crippen LogP contribution is 2.27. The van der Waals surface area contributed by atoms with Crippen molar-refractivity contribution in [2.45, 2.75) is 6.54 Å². The molecule has 1 amide bonds. The van der Waals surface area contributed by atoms with Crippen LogP contribution in [0.25, 0.3) is 0 Å². The smallest absolute Gasteiger partial charge is 0.251 e. The van der Waals surface area contributed by atoms with Crippen molar-refractivity contribution in [1.29, 1.82) is 0 Å². The van der Waals surface area contributed by atoms with E-state index < -0.39 is 0 Å². The molecule has 0 aliphatic rings. The molecule has 2 aromatic rings. The van der Waals surface area contributed by atoms with Crippen LogP contribution in [0.5, 0.6) is 11.5 Å². The Morgan fingerprint density at radius 2 is 1.86 bits per heavy atom. The summed E-state index contributed by atoms with van der Waals surface area (Å²) in [5.74, 6) is 1.23. The summed E-state index contributed by atoms with van der Waals surface area (Å²) in [4.78, 5) is 12.1. The lowest BCUT2D eigenvalue weighted by Gasteiger charge is -2.10. The highest BCUT2D eigenvalue weighted by Gasteiger charge is 2.08. The third kappa shape index (κ3) is 4.10. The Labute approximate surface area is 137 Å². The van der Waals surface area contributed by atoms with E-state index in [-0.39, 0.29) is 5.91 Å². The zero-order valence-electron chi connectivity index (χ0n) is 11.9. The first-order valence-electron chi connectivity index (χ1n) is 6.38. The summed E-state index contributed by atoms with van der Waals surface area (Å²) in [6.07, 6.45) is 0. The quantitative estimate of drug-likeness (QED) is 0.789. The van der Waals surface area contributed by atoms with Gasteiger partial charge in [0, 0.05) is 15.7 Å². The Hall–Kier alpha value is -1.76. The summed E-state index contributed by atoms with van der Waals surface area (Å²) >= 11 is 2.19. The molecule has 0 saturated heterocycles. The zero-order chi connectivity index (χ0) is 15.2. The van der Waals surface area contributed by atoms with Crippen LogP contribution < -0.4 is 14.8 Å². The van der Waals surface area contributed by atoms with Gasteiger partial charge in [-0.05, 0) is 58.5 Å². The van der Waals surface area contributed by atoms with Gasteiger partial charge in [0.05, 0.1) is 14.2 Å². The summed E-state index contributed by atoms with van der Waals surface area (Å²) in [5, 5.41) is 2.89. The van der Waals surface area contributed by atoms with Crippen LogP contribution in [0, 0.1) is 3.57 Å². The highest BCUT2D eigenvalue weighted by atomic mass is 127. The average Bonchev–Trinajstić information content (AvgIpc) is 2.52. The number of ether oxygens (including phenoxy) is 2. The van der Waals surface area contributed by atoms with E-state index in [2.05, 4.69) is 27.9 Å². The maximum absolute atomic E-state index is 12.1. The molecule has 0 radical (unpaired) electrons. The van der Waals surface area contributed by atoms with Gasteiger partial charge in [0.1, 0.15) is 0 Å². The van der Waals surface area contributed by atoms with Crippen molar-refractivity contribution >= 4 is 28.5 Å². The zero-order valence-corrected chi connectivity index (χ0v) is 14.0. The minimum absolute atomic E-state index is 0.0942. The predicted octanol–water partition coefficient (Wildman–Crippen LogP) is 3.24. The van der Waals surface area contributed by atoms with Gasteiger partial charge in [-0.25, -0.2) is 0 Å². The summed E-state index contributed by atoms with van der Waals surface area (Å²) in [6.45, 7) is 0.435. The number of carbonyl (C=O) groups is 1. The average molecular weight is 397 g/mol. The van der Waals surface area contributed by atoms with Gasteiger partial charge in [0.2, 0.25) is 0 Å². The van der Waals surface area contributed by atoms with Gasteiger partial charge < -0.3 is 14.8 Å². The fraction of sp³-hybridized carbons (Fsp3) is 0.188. The molecule has 2 aromatic carbocycles. The molecule has 0 fully saturated rings. The van der Waals surface area contributed by atoms with E-state index in [1.807, 2.05) is 36.4 Å². The number of hydrogen-bond acceptors (Lipinski definition) is 3. The predicted molar refractivity (Wildman–Crippen MR) is 89.9 cm³/mol. The van der Waals surface area contributed by atoms with Gasteiger partial charge in [-0.1, -0.05) is 12.1 Å². The van der Waals surface area contributed by atoms with E-state index in [0.717, 1.165) is 9.13 Å². The van der Waals surface area contributed by atoms with E-state index in [4.69, 9.17) is 9.47 Å². The molecule has 0 heterocycles. The molecule has 0 unspecified atom stereocenters. The molecular formula is C16H16INO3. The van der Waals surface area contributed by atoms with Crippen molar-refractivity contribution in [3.63, 3.8) is 0 Å². The largest absolute Gasteiger partial charge is 0.493 e. The van der Waals surface area contributed by atoms with Gasteiger partial charge in [-0.2, -0.15) is 0 Å². The van der Waals surface area contributed by atoms with Gasteiger partial charge in [0.25, 0.3) is 5.91 Å². The molecule has 2 rings (SSSR count). The van der Waals surface area contributed by atoms with Crippen molar-refractivity contribution in [1.82, 2.24) is 5.32 Å². The van der Waals surface area contributed by atoms with Crippen LogP contribution in [-0.2, 0) is 6.54 Å². The molecule has 0 bridgehead atoms. The van der Waals surface area contributed by atoms with Gasteiger partial charge in [-0.3, -0.25) is 4.79 Å². The summed E-state index contributed by atoms with van der Waals surface area (Å²) in [5.41, 5.74) is 1.61. The van der Waals surface area contributed by atoms with E-state index in [0.29, 0.717) is 23.6 Å². The number of nitrogens with one attached hydrogen (secondary N) is 1. The SMILES string of the molecule is COc1ccc(CNC(=O)c2cccc(I)c2)cc1OC. The van der Waals surface area contributed by atoms with Crippen LogP contribution in [0.3, 0.4) is 0 Å². The van der Waals surface area contributed by atoms with Crippen LogP contribution >= 0.6 is 22.6 Å². The number of hydrogen-bond donors (Lipinski definition) is 1. The third-order valence-corrected chi connectivity index (χ3v) is 3.66. The van der Waals surface area contributed by atoms with Crippen LogP contribution in [0.4, 0.5) is 0 Å². The molecule has 0 aliphatic carbocycles. The number of halogens is 1. The minimum atomic E-state index is -0.0942. The molecule has 0 aromatic heterocycles. The second kappa shape index (κ2) is 7.31. The van der Waals surface area contributed by atoms with E-state index in [1.54, 1.807) is 20.3 Å². The van der Waals surface area contributed by atoms with Crippen molar-refractivity contribution in [2.24, 2.45) is 0 Å². The number of benzene rings is 2. The Balaban J connectivity index is 2.04. The molecule has 0 aliphatic heterocycles. The lowest BCUT2D eigenvalue weighted by atomic mass is 10.1. The number of amides is 1. The first-order chi connectivity index (χ1) is 10.1. The van der Waals surface area contributed by atoms with E-state index in [1.165, 1.54) is 0 Å². The summed E-state index contributed by atoms with van der Waals surface area (Å²) in [7, 11) is 3.18. The topological polar surface area (TPSA) is 47.6 Å². The molecule has 21 heavy (non-hydrogen) atoms. The van der Waals surface area contributed by atoms with Crippen molar-refractivity contribution in [3.05, 3.63) is 57.2 Å². The maximum Gasteiger partial charge on any atom is 0.251 e. The van der Waals surface area contributed by atoms with Gasteiger partial charge >= 0.3 is 0 Å². The fourth-order valence-electron chi connectivity index (χ4n) is 1.90. The lowest BCUT2D eigenvalue weighted by molar-refractivity contribution is 0.0951. The summed E-state index contributed by atoms with van der Waals surface area (Å²) in [6, 6.07) is 13.0. The Morgan fingerprint density at radius 1 is 1.10 bits per heavy atom. The first-order valence-corrected chi connectivity index (χ1v) is 7.46. The summed E-state index contributed by atoms with van der Waals surface area (Å²) < 4.78 is 11.5. The Kier molecular flexibility index (Phi) is 5.44. The second-order valence-electron chi connectivity index (χ2n) is 4.38. The van der Waals surface area contributed by atoms with Gasteiger partial charge in [-0.15, -0.1) is 0 Å². The van der Waals surface area contributed by atoms with Crippen LogP contribution in [0.15, 0.2) is 42.5 Å². The molecular weight excluding hydrogens is 381 g/mol. The maximum atomic E-state index is 12.1. The van der Waals surface area contributed by atoms with Crippen LogP contribution in [0.2, 0.25) is 0 Å². The van der Waals surface area contributed by atoms with E-state index in [9.17, 15) is 4.79 Å². The number of carbonyl (C=O) groups excluding carboxylic acids is 1. The lowest BCUT2D eigenvalue weighted by Crippen LogP contribution is -2.22. The highest BCUT2D eigenvalue weighted by molar-refractivity contribution is 14.1. The first kappa shape index (κ1) is 15.6. The standard InChI is InChI=1S/C16H16INO3/c1-20-14-7-6-11(8-15(14)21-2)10-18-16(19)12-4-3-5-13(17)9-12/h3-9H,10H2,1-2H3,(H,18,19). The van der Waals surface area contributed by atoms with Crippen LogP contribution in [0.1, 0.15) is 15.9 Å². The molecule has 110 valence electrons. The number of rotatable bonds is 5. The number of methoxy groups -OCH3 is 2. The second-order valence-corrected chi connectivity index (χ2v) is 5.63.